The number of aromatic amines is 2. The van der Waals surface area contributed by atoms with E-state index in [2.05, 4.69) is 20.3 Å². The van der Waals surface area contributed by atoms with Gasteiger partial charge in [-0.1, -0.05) is 12.1 Å². The van der Waals surface area contributed by atoms with Gasteiger partial charge in [-0.3, -0.25) is 19.4 Å². The Balaban J connectivity index is 0.00000363. The lowest BCUT2D eigenvalue weighted by atomic mass is 10.0. The van der Waals surface area contributed by atoms with Crippen molar-refractivity contribution in [3.05, 3.63) is 57.5 Å². The average Bonchev–Trinajstić information content (AvgIpc) is 3.12. The van der Waals surface area contributed by atoms with E-state index < -0.39 is 23.9 Å². The molecule has 0 aliphatic carbocycles. The topological polar surface area (TPSA) is 223 Å². The first kappa shape index (κ1) is 24.1. The van der Waals surface area contributed by atoms with Gasteiger partial charge in [-0.05, 0) is 42.5 Å². The van der Waals surface area contributed by atoms with Crippen molar-refractivity contribution in [3.63, 3.8) is 0 Å². The van der Waals surface area contributed by atoms with E-state index in [1.807, 2.05) is 0 Å². The molecule has 0 spiro atoms. The van der Waals surface area contributed by atoms with Crippen LogP contribution in [-0.4, -0.2) is 54.5 Å². The van der Waals surface area contributed by atoms with Gasteiger partial charge in [0.05, 0.1) is 5.39 Å². The van der Waals surface area contributed by atoms with Gasteiger partial charge in [0.25, 0.3) is 11.5 Å². The molecule has 0 saturated heterocycles. The van der Waals surface area contributed by atoms with Crippen LogP contribution in [0.2, 0.25) is 0 Å². The molecule has 0 aliphatic rings. The number of nitrogens with one attached hydrogen (secondary N) is 3. The number of hydrogen-bond acceptors (Lipinski definition) is 6. The van der Waals surface area contributed by atoms with Gasteiger partial charge in [0.15, 0.2) is 0 Å². The first-order valence-electron chi connectivity index (χ1n) is 9.44. The number of hydrogen-bond donors (Lipinski definition) is 6. The van der Waals surface area contributed by atoms with Crippen LogP contribution in [0.5, 0.6) is 0 Å². The van der Waals surface area contributed by atoms with E-state index >= 15 is 0 Å². The quantitative estimate of drug-likeness (QED) is 0.259. The summed E-state index contributed by atoms with van der Waals surface area (Å²) in [6.07, 6.45) is 2.27. The van der Waals surface area contributed by atoms with Crippen molar-refractivity contribution in [2.24, 2.45) is 0 Å². The zero-order chi connectivity index (χ0) is 22.5. The zero-order valence-corrected chi connectivity index (χ0v) is 16.8. The number of H-pyrrole nitrogens is 2. The number of benzene rings is 1. The van der Waals surface area contributed by atoms with Gasteiger partial charge in [-0.2, -0.15) is 4.98 Å². The summed E-state index contributed by atoms with van der Waals surface area (Å²) >= 11 is 0. The molecule has 0 unspecified atom stereocenters. The van der Waals surface area contributed by atoms with Gasteiger partial charge >= 0.3 is 11.9 Å². The van der Waals surface area contributed by atoms with Crippen LogP contribution >= 0.6 is 0 Å². The molecule has 9 N–H and O–H groups in total. The fraction of sp³-hybridized carbons (Fsp3) is 0.250. The minimum Gasteiger partial charge on any atom is -0.481 e. The number of anilines is 1. The van der Waals surface area contributed by atoms with Crippen LogP contribution in [0.25, 0.3) is 11.0 Å². The van der Waals surface area contributed by atoms with Crippen LogP contribution < -0.4 is 16.6 Å². The van der Waals surface area contributed by atoms with E-state index in [9.17, 15) is 19.2 Å². The summed E-state index contributed by atoms with van der Waals surface area (Å²) < 4.78 is 0. The van der Waals surface area contributed by atoms with Crippen molar-refractivity contribution in [2.45, 2.75) is 31.7 Å². The number of aromatic nitrogens is 3. The molecule has 1 atom stereocenters. The minimum atomic E-state index is -1.30. The largest absolute Gasteiger partial charge is 0.481 e. The molecule has 0 radical (unpaired) electrons. The van der Waals surface area contributed by atoms with E-state index in [4.69, 9.17) is 15.9 Å². The third-order valence-corrected chi connectivity index (χ3v) is 4.79. The van der Waals surface area contributed by atoms with Crippen molar-refractivity contribution in [3.8, 4) is 0 Å². The van der Waals surface area contributed by atoms with Crippen LogP contribution in [0, 0.1) is 0 Å². The highest BCUT2D eigenvalue weighted by Crippen LogP contribution is 2.16. The summed E-state index contributed by atoms with van der Waals surface area (Å²) in [6, 6.07) is 5.30. The van der Waals surface area contributed by atoms with Crippen molar-refractivity contribution >= 4 is 34.8 Å². The molecule has 0 bridgehead atoms. The van der Waals surface area contributed by atoms with Gasteiger partial charge < -0.3 is 31.7 Å². The van der Waals surface area contributed by atoms with Crippen LogP contribution in [0.15, 0.2) is 35.3 Å². The van der Waals surface area contributed by atoms with Gasteiger partial charge in [-0.25, -0.2) is 4.79 Å². The highest BCUT2D eigenvalue weighted by Gasteiger charge is 2.21. The Hall–Kier alpha value is -4.19. The lowest BCUT2D eigenvalue weighted by Crippen LogP contribution is -2.41. The first-order valence-corrected chi connectivity index (χ1v) is 9.44. The summed E-state index contributed by atoms with van der Waals surface area (Å²) in [7, 11) is 0. The first-order chi connectivity index (χ1) is 14.7. The normalized spacial score (nSPS) is 11.5. The Kier molecular flexibility index (Phi) is 7.69. The number of nitrogens with zero attached hydrogens (tertiary/aromatic N) is 1. The Labute approximate surface area is 180 Å². The third kappa shape index (κ3) is 5.70. The fourth-order valence-corrected chi connectivity index (χ4v) is 3.19. The number of aliphatic carboxylic acids is 2. The van der Waals surface area contributed by atoms with Crippen LogP contribution in [0.3, 0.4) is 0 Å². The molecule has 2 heterocycles. The summed E-state index contributed by atoms with van der Waals surface area (Å²) in [5.41, 5.74) is 7.59. The Morgan fingerprint density at radius 3 is 2.44 bits per heavy atom. The number of amides is 1. The maximum Gasteiger partial charge on any atom is 0.326 e. The van der Waals surface area contributed by atoms with Gasteiger partial charge in [-0.15, -0.1) is 0 Å². The Bertz CT molecular complexity index is 1180. The van der Waals surface area contributed by atoms with Crippen LogP contribution in [-0.2, 0) is 22.4 Å². The fourth-order valence-electron chi connectivity index (χ4n) is 3.19. The number of nitrogen functional groups attached to an aromatic ring is 1. The molecule has 1 aromatic carbocycles. The number of carbonyl (C=O) groups excluding carboxylic acids is 1. The molecule has 0 aliphatic heterocycles. The van der Waals surface area contributed by atoms with E-state index in [0.29, 0.717) is 23.9 Å². The van der Waals surface area contributed by atoms with Crippen molar-refractivity contribution in [2.75, 3.05) is 5.73 Å². The van der Waals surface area contributed by atoms with Gasteiger partial charge in [0.2, 0.25) is 5.95 Å². The SMILES string of the molecule is Nc1nc2[nH]cc(CCc3ccc(C(=O)N[C@H](CCC(=O)O)C(=O)O)cc3)c2c(=O)[nH]1.O. The third-order valence-electron chi connectivity index (χ3n) is 4.79. The van der Waals surface area contributed by atoms with Crippen LogP contribution in [0.1, 0.15) is 34.3 Å². The Morgan fingerprint density at radius 2 is 1.81 bits per heavy atom. The zero-order valence-electron chi connectivity index (χ0n) is 16.8. The molecule has 0 saturated carbocycles. The molecule has 0 fully saturated rings. The van der Waals surface area contributed by atoms with Gasteiger partial charge in [0.1, 0.15) is 11.7 Å². The highest BCUT2D eigenvalue weighted by molar-refractivity contribution is 5.96. The molecule has 2 aromatic heterocycles. The summed E-state index contributed by atoms with van der Waals surface area (Å²) in [4.78, 5) is 55.7. The van der Waals surface area contributed by atoms with Gasteiger partial charge in [0, 0.05) is 18.2 Å². The molecule has 32 heavy (non-hydrogen) atoms. The smallest absolute Gasteiger partial charge is 0.326 e. The van der Waals surface area contributed by atoms with Crippen molar-refractivity contribution in [1.29, 1.82) is 0 Å². The van der Waals surface area contributed by atoms with E-state index in [1.165, 1.54) is 0 Å². The van der Waals surface area contributed by atoms with E-state index in [0.717, 1.165) is 11.1 Å². The number of nitrogens with two attached hydrogens (primary N) is 1. The number of rotatable bonds is 9. The summed E-state index contributed by atoms with van der Waals surface area (Å²) in [5, 5.41) is 20.6. The lowest BCUT2D eigenvalue weighted by molar-refractivity contribution is -0.140. The molecule has 1 amide bonds. The molecule has 170 valence electrons. The lowest BCUT2D eigenvalue weighted by Gasteiger charge is -2.13. The number of fused-ring (bicyclic) bond motifs is 1. The highest BCUT2D eigenvalue weighted by atomic mass is 16.4. The van der Waals surface area contributed by atoms with E-state index in [1.54, 1.807) is 30.5 Å². The standard InChI is InChI=1S/C20H21N5O6.H2O/c21-20-24-16-15(18(29)25-20)12(9-22-16)6-3-10-1-4-11(5-2-10)17(28)23-13(19(30)31)7-8-14(26)27;/h1-2,4-5,9,13H,3,6-8H2,(H,23,28)(H,26,27)(H,30,31)(H4,21,22,24,25,29);1H2/t13-;/m1./s1. The average molecular weight is 445 g/mol. The number of aryl methyl sites for hydroxylation is 2. The number of carbonyl (C=O) groups is 3. The Morgan fingerprint density at radius 1 is 1.12 bits per heavy atom. The second-order valence-corrected chi connectivity index (χ2v) is 6.98. The molecule has 3 rings (SSSR count). The monoisotopic (exact) mass is 445 g/mol. The predicted molar refractivity (Wildman–Crippen MR) is 114 cm³/mol. The molecule has 12 nitrogen and oxygen atoms in total. The molecular weight excluding hydrogens is 422 g/mol. The molecule has 3 aromatic rings. The predicted octanol–water partition coefficient (Wildman–Crippen LogP) is -0.158. The maximum absolute atomic E-state index is 12.3. The number of carboxylic acids is 2. The minimum absolute atomic E-state index is 0. The van der Waals surface area contributed by atoms with E-state index in [-0.39, 0.29) is 35.4 Å². The second-order valence-electron chi connectivity index (χ2n) is 6.98. The number of carboxylic acid groups (broad SMARTS) is 2. The summed E-state index contributed by atoms with van der Waals surface area (Å²) in [6.45, 7) is 0. The van der Waals surface area contributed by atoms with Crippen LogP contribution in [0.4, 0.5) is 5.95 Å². The van der Waals surface area contributed by atoms with Crippen molar-refractivity contribution < 1.29 is 30.1 Å². The molecule has 12 heteroatoms. The summed E-state index contributed by atoms with van der Waals surface area (Å²) in [5.74, 6) is -3.00. The maximum atomic E-state index is 12.3. The molecular formula is C20H23N5O7. The second kappa shape index (κ2) is 10.2. The van der Waals surface area contributed by atoms with Crippen molar-refractivity contribution in [1.82, 2.24) is 20.3 Å².